The number of nitrogens with one attached hydrogen (secondary N) is 2. The molecule has 30 heavy (non-hydrogen) atoms. The molecule has 0 saturated carbocycles. The second kappa shape index (κ2) is 11.7. The number of nitrogens with zero attached hydrogens (tertiary/aromatic N) is 3. The van der Waals surface area contributed by atoms with Crippen LogP contribution >= 0.6 is 12.6 Å². The van der Waals surface area contributed by atoms with Crippen LogP contribution in [-0.2, 0) is 5.41 Å². The van der Waals surface area contributed by atoms with Gasteiger partial charge in [-0.2, -0.15) is 12.6 Å². The van der Waals surface area contributed by atoms with Crippen molar-refractivity contribution in [2.45, 2.75) is 32.6 Å². The van der Waals surface area contributed by atoms with Gasteiger partial charge in [0.05, 0.1) is 11.2 Å². The normalized spacial score (nSPS) is 13.0. The number of hydrogen-bond donors (Lipinski definition) is 3. The third-order valence-corrected chi connectivity index (χ3v) is 4.66. The third-order valence-electron chi connectivity index (χ3n) is 4.66. The summed E-state index contributed by atoms with van der Waals surface area (Å²) in [7, 11) is 1.85. The van der Waals surface area contributed by atoms with E-state index in [0.29, 0.717) is 0 Å². The van der Waals surface area contributed by atoms with E-state index in [2.05, 4.69) is 95.4 Å². The number of aromatic nitrogens is 3. The van der Waals surface area contributed by atoms with E-state index in [0.717, 1.165) is 41.2 Å². The van der Waals surface area contributed by atoms with Gasteiger partial charge in [0.25, 0.3) is 0 Å². The van der Waals surface area contributed by atoms with E-state index in [1.165, 1.54) is 12.0 Å². The summed E-state index contributed by atoms with van der Waals surface area (Å²) in [6, 6.07) is 10.5. The van der Waals surface area contributed by atoms with Crippen LogP contribution in [0.15, 0.2) is 54.9 Å². The molecule has 1 aliphatic heterocycles. The van der Waals surface area contributed by atoms with Gasteiger partial charge in [-0.3, -0.25) is 4.98 Å². The fraction of sp³-hybridized carbons (Fsp3) is 0.375. The highest BCUT2D eigenvalue weighted by atomic mass is 32.1. The Morgan fingerprint density at radius 1 is 1.00 bits per heavy atom. The molecule has 0 spiro atoms. The van der Waals surface area contributed by atoms with Gasteiger partial charge in [0.15, 0.2) is 5.82 Å². The van der Waals surface area contributed by atoms with Gasteiger partial charge >= 0.3 is 0 Å². The maximum Gasteiger partial charge on any atom is 0.154 e. The highest BCUT2D eigenvalue weighted by Gasteiger charge is 2.14. The fourth-order valence-corrected chi connectivity index (χ4v) is 3.01. The van der Waals surface area contributed by atoms with Gasteiger partial charge in [-0.05, 0) is 36.3 Å². The van der Waals surface area contributed by atoms with E-state index in [4.69, 9.17) is 0 Å². The number of benzene rings is 1. The van der Waals surface area contributed by atoms with E-state index < -0.39 is 0 Å². The first kappa shape index (κ1) is 23.8. The van der Waals surface area contributed by atoms with Crippen LogP contribution in [0.4, 0.5) is 5.82 Å². The number of fused-ring (bicyclic) bond motifs is 1. The van der Waals surface area contributed by atoms with Crippen LogP contribution < -0.4 is 10.6 Å². The van der Waals surface area contributed by atoms with E-state index in [9.17, 15) is 0 Å². The van der Waals surface area contributed by atoms with Crippen molar-refractivity contribution in [3.63, 3.8) is 0 Å². The molecule has 0 aliphatic carbocycles. The molecule has 0 saturated heterocycles. The first-order chi connectivity index (χ1) is 14.5. The highest BCUT2D eigenvalue weighted by molar-refractivity contribution is 7.79. The molecule has 2 aromatic heterocycles. The van der Waals surface area contributed by atoms with E-state index in [1.54, 1.807) is 18.6 Å². The number of pyridine rings is 1. The van der Waals surface area contributed by atoms with Crippen molar-refractivity contribution in [1.29, 1.82) is 0 Å². The first-order valence-electron chi connectivity index (χ1n) is 10.2. The molecule has 0 bridgehead atoms. The van der Waals surface area contributed by atoms with Crippen LogP contribution in [0.5, 0.6) is 0 Å². The molecule has 5 nitrogen and oxygen atoms in total. The second-order valence-electron chi connectivity index (χ2n) is 7.82. The van der Waals surface area contributed by atoms with Gasteiger partial charge in [0.2, 0.25) is 0 Å². The van der Waals surface area contributed by atoms with Crippen molar-refractivity contribution >= 4 is 29.5 Å². The number of rotatable bonds is 2. The molecule has 0 atom stereocenters. The largest absolute Gasteiger partial charge is 0.371 e. The monoisotopic (exact) mass is 423 g/mol. The van der Waals surface area contributed by atoms with Crippen molar-refractivity contribution < 1.29 is 0 Å². The third kappa shape index (κ3) is 6.54. The van der Waals surface area contributed by atoms with Crippen molar-refractivity contribution in [3.8, 4) is 11.3 Å². The van der Waals surface area contributed by atoms with Gasteiger partial charge in [-0.1, -0.05) is 57.2 Å². The molecular weight excluding hydrogens is 390 g/mol. The summed E-state index contributed by atoms with van der Waals surface area (Å²) >= 11 is 3.53. The van der Waals surface area contributed by atoms with E-state index in [-0.39, 0.29) is 5.41 Å². The molecule has 0 amide bonds. The molecule has 3 heterocycles. The fourth-order valence-electron chi connectivity index (χ4n) is 3.01. The maximum atomic E-state index is 4.67. The molecular formula is C24H33N5S. The van der Waals surface area contributed by atoms with Gasteiger partial charge in [-0.25, -0.2) is 9.97 Å². The number of thiol groups is 1. The second-order valence-corrected chi connectivity index (χ2v) is 7.82. The topological polar surface area (TPSA) is 62.7 Å². The Labute approximate surface area is 185 Å². The molecule has 160 valence electrons. The summed E-state index contributed by atoms with van der Waals surface area (Å²) in [6.07, 6.45) is 10.6. The summed E-state index contributed by atoms with van der Waals surface area (Å²) in [4.78, 5) is 13.4. The Morgan fingerprint density at radius 3 is 2.20 bits per heavy atom. The minimum absolute atomic E-state index is 0.150. The molecule has 4 rings (SSSR count). The summed E-state index contributed by atoms with van der Waals surface area (Å²) in [6.45, 7) is 8.87. The predicted octanol–water partition coefficient (Wildman–Crippen LogP) is 5.11. The van der Waals surface area contributed by atoms with Crippen molar-refractivity contribution in [1.82, 2.24) is 20.3 Å². The van der Waals surface area contributed by atoms with E-state index >= 15 is 0 Å². The molecule has 2 N–H and O–H groups in total. The Morgan fingerprint density at radius 2 is 1.70 bits per heavy atom. The van der Waals surface area contributed by atoms with Gasteiger partial charge < -0.3 is 10.6 Å². The van der Waals surface area contributed by atoms with Crippen molar-refractivity contribution in [2.24, 2.45) is 0 Å². The standard InChI is InChI=1S/C18H20N4.C5H9N.CH4S/c1-18(2,3)13-7-5-12(6-8-13)14-11-15-16(17(19-4)22-14)21-10-9-20-15;1-2-4-6-5-3-1;1-2/h5-11H,1-4H3,(H,19,22);1-2,6H,3-5H2;2H,1H3. The average molecular weight is 424 g/mol. The minimum atomic E-state index is 0.150. The van der Waals surface area contributed by atoms with Crippen LogP contribution in [0, 0.1) is 0 Å². The SMILES string of the molecule is C1=CCNCC1.CNc1nc(-c2ccc(C(C)(C)C)cc2)cc2nccnc12.CS. The van der Waals surface area contributed by atoms with Crippen molar-refractivity contribution in [2.75, 3.05) is 31.7 Å². The summed E-state index contributed by atoms with van der Waals surface area (Å²) in [5.41, 5.74) is 5.08. The summed E-state index contributed by atoms with van der Waals surface area (Å²) < 4.78 is 0. The number of hydrogen-bond acceptors (Lipinski definition) is 6. The quantitative estimate of drug-likeness (QED) is 0.395. The van der Waals surface area contributed by atoms with Crippen LogP contribution in [0.3, 0.4) is 0 Å². The Kier molecular flexibility index (Phi) is 9.27. The predicted molar refractivity (Wildman–Crippen MR) is 133 cm³/mol. The smallest absolute Gasteiger partial charge is 0.154 e. The molecule has 1 aliphatic rings. The Balaban J connectivity index is 0.000000340. The zero-order valence-corrected chi connectivity index (χ0v) is 19.5. The summed E-state index contributed by atoms with van der Waals surface area (Å²) in [5, 5.41) is 6.30. The van der Waals surface area contributed by atoms with Crippen LogP contribution in [0.2, 0.25) is 0 Å². The number of anilines is 1. The molecule has 0 unspecified atom stereocenters. The lowest BCUT2D eigenvalue weighted by molar-refractivity contribution is 0.590. The van der Waals surface area contributed by atoms with Gasteiger partial charge in [0.1, 0.15) is 5.52 Å². The maximum absolute atomic E-state index is 4.67. The Bertz CT molecular complexity index is 938. The highest BCUT2D eigenvalue weighted by Crippen LogP contribution is 2.28. The van der Waals surface area contributed by atoms with Crippen LogP contribution in [-0.4, -0.2) is 41.3 Å². The molecule has 0 fully saturated rings. The molecule has 1 aromatic carbocycles. The lowest BCUT2D eigenvalue weighted by Crippen LogP contribution is -2.17. The first-order valence-corrected chi connectivity index (χ1v) is 11.1. The zero-order valence-electron chi connectivity index (χ0n) is 18.6. The summed E-state index contributed by atoms with van der Waals surface area (Å²) in [5.74, 6) is 0.750. The molecule has 6 heteroatoms. The van der Waals surface area contributed by atoms with E-state index in [1.807, 2.05) is 13.1 Å². The van der Waals surface area contributed by atoms with Crippen LogP contribution in [0.25, 0.3) is 22.3 Å². The van der Waals surface area contributed by atoms with Crippen molar-refractivity contribution in [3.05, 3.63) is 60.4 Å². The zero-order chi connectivity index (χ0) is 22.0. The lowest BCUT2D eigenvalue weighted by atomic mass is 9.86. The average Bonchev–Trinajstić information content (AvgIpc) is 2.80. The van der Waals surface area contributed by atoms with Gasteiger partial charge in [-0.15, -0.1) is 0 Å². The Hall–Kier alpha value is -2.44. The minimum Gasteiger partial charge on any atom is -0.371 e. The molecule has 3 aromatic rings. The molecule has 0 radical (unpaired) electrons. The lowest BCUT2D eigenvalue weighted by Gasteiger charge is -2.19. The van der Waals surface area contributed by atoms with Crippen LogP contribution in [0.1, 0.15) is 32.8 Å². The van der Waals surface area contributed by atoms with Gasteiger partial charge in [0, 0.05) is 31.5 Å².